The summed E-state index contributed by atoms with van der Waals surface area (Å²) in [5.41, 5.74) is 2.13. The quantitative estimate of drug-likeness (QED) is 0.884. The number of ether oxygens (including phenoxy) is 1. The molecule has 1 amide bonds. The van der Waals surface area contributed by atoms with Crippen LogP contribution in [0.5, 0.6) is 5.75 Å². The van der Waals surface area contributed by atoms with Crippen molar-refractivity contribution in [3.63, 3.8) is 0 Å². The highest BCUT2D eigenvalue weighted by molar-refractivity contribution is 7.99. The molecule has 0 atom stereocenters. The Labute approximate surface area is 151 Å². The molecule has 25 heavy (non-hydrogen) atoms. The maximum Gasteiger partial charge on any atom is 0.255 e. The zero-order valence-corrected chi connectivity index (χ0v) is 14.9. The number of hydrogen-bond acceptors (Lipinski definition) is 4. The standard InChI is InChI=1S/C19H21FN2O2S/c1-24-18-6-5-15(12-17(18)20)19(23)21-16-4-2-3-14(11-16)13-22-7-9-25-10-8-22/h2-6,11-12H,7-10,13H2,1H3,(H,21,23). The lowest BCUT2D eigenvalue weighted by Crippen LogP contribution is -2.31. The van der Waals surface area contributed by atoms with Crippen molar-refractivity contribution in [1.29, 1.82) is 0 Å². The topological polar surface area (TPSA) is 41.6 Å². The van der Waals surface area contributed by atoms with Gasteiger partial charge in [-0.25, -0.2) is 4.39 Å². The number of carbonyl (C=O) groups excluding carboxylic acids is 1. The monoisotopic (exact) mass is 360 g/mol. The van der Waals surface area contributed by atoms with Gasteiger partial charge >= 0.3 is 0 Å². The number of methoxy groups -OCH3 is 1. The molecule has 1 aliphatic heterocycles. The molecule has 2 aromatic rings. The number of amides is 1. The highest BCUT2D eigenvalue weighted by Crippen LogP contribution is 2.20. The summed E-state index contributed by atoms with van der Waals surface area (Å²) in [6.07, 6.45) is 0. The fraction of sp³-hybridized carbons (Fsp3) is 0.316. The summed E-state index contributed by atoms with van der Waals surface area (Å²) in [7, 11) is 1.39. The highest BCUT2D eigenvalue weighted by Gasteiger charge is 2.13. The Morgan fingerprint density at radius 2 is 2.04 bits per heavy atom. The van der Waals surface area contributed by atoms with Gasteiger partial charge in [0.2, 0.25) is 0 Å². The lowest BCUT2D eigenvalue weighted by atomic mass is 10.1. The van der Waals surface area contributed by atoms with E-state index in [0.29, 0.717) is 5.69 Å². The molecular formula is C19H21FN2O2S. The van der Waals surface area contributed by atoms with E-state index >= 15 is 0 Å². The maximum absolute atomic E-state index is 13.8. The lowest BCUT2D eigenvalue weighted by Gasteiger charge is -2.26. The van der Waals surface area contributed by atoms with Gasteiger partial charge in [0.05, 0.1) is 7.11 Å². The molecule has 132 valence electrons. The number of halogens is 1. The molecule has 0 bridgehead atoms. The van der Waals surface area contributed by atoms with E-state index in [1.165, 1.54) is 30.7 Å². The van der Waals surface area contributed by atoms with Crippen LogP contribution in [0.4, 0.5) is 10.1 Å². The molecule has 2 aromatic carbocycles. The van der Waals surface area contributed by atoms with Gasteiger partial charge in [0.15, 0.2) is 11.6 Å². The van der Waals surface area contributed by atoms with E-state index in [4.69, 9.17) is 4.74 Å². The number of anilines is 1. The Hall–Kier alpha value is -2.05. The summed E-state index contributed by atoms with van der Waals surface area (Å²) in [6.45, 7) is 3.06. The molecule has 1 saturated heterocycles. The van der Waals surface area contributed by atoms with Crippen molar-refractivity contribution in [2.45, 2.75) is 6.54 Å². The second-order valence-corrected chi connectivity index (χ2v) is 7.12. The molecule has 0 aliphatic carbocycles. The van der Waals surface area contributed by atoms with Gasteiger partial charge in [0, 0.05) is 42.4 Å². The third kappa shape index (κ3) is 4.74. The molecule has 1 heterocycles. The van der Waals surface area contributed by atoms with Gasteiger partial charge in [-0.1, -0.05) is 12.1 Å². The Bertz CT molecular complexity index is 748. The molecule has 0 unspecified atom stereocenters. The minimum atomic E-state index is -0.549. The first-order chi connectivity index (χ1) is 12.2. The van der Waals surface area contributed by atoms with Crippen molar-refractivity contribution in [3.8, 4) is 5.75 Å². The van der Waals surface area contributed by atoms with Crippen molar-refractivity contribution >= 4 is 23.4 Å². The van der Waals surface area contributed by atoms with Crippen LogP contribution in [0, 0.1) is 5.82 Å². The van der Waals surface area contributed by atoms with Crippen molar-refractivity contribution in [3.05, 3.63) is 59.4 Å². The molecule has 4 nitrogen and oxygen atoms in total. The third-order valence-corrected chi connectivity index (χ3v) is 5.05. The highest BCUT2D eigenvalue weighted by atomic mass is 32.2. The molecule has 0 aromatic heterocycles. The molecular weight excluding hydrogens is 339 g/mol. The van der Waals surface area contributed by atoms with Crippen molar-refractivity contribution in [1.82, 2.24) is 4.90 Å². The summed E-state index contributed by atoms with van der Waals surface area (Å²) in [5, 5.41) is 2.83. The summed E-state index contributed by atoms with van der Waals surface area (Å²) in [6, 6.07) is 12.0. The van der Waals surface area contributed by atoms with Crippen LogP contribution in [-0.4, -0.2) is 42.5 Å². The van der Waals surface area contributed by atoms with Gasteiger partial charge in [-0.15, -0.1) is 0 Å². The van der Waals surface area contributed by atoms with Gasteiger partial charge < -0.3 is 10.1 Å². The van der Waals surface area contributed by atoms with Crippen LogP contribution >= 0.6 is 11.8 Å². The fourth-order valence-electron chi connectivity index (χ4n) is 2.78. The van der Waals surface area contributed by atoms with Gasteiger partial charge in [-0.05, 0) is 35.9 Å². The molecule has 6 heteroatoms. The predicted molar refractivity (Wildman–Crippen MR) is 99.9 cm³/mol. The molecule has 0 spiro atoms. The van der Waals surface area contributed by atoms with E-state index in [1.807, 2.05) is 30.0 Å². The van der Waals surface area contributed by atoms with Crippen LogP contribution in [0.1, 0.15) is 15.9 Å². The van der Waals surface area contributed by atoms with Crippen LogP contribution in [0.25, 0.3) is 0 Å². The number of nitrogens with one attached hydrogen (secondary N) is 1. The smallest absolute Gasteiger partial charge is 0.255 e. The number of nitrogens with zero attached hydrogens (tertiary/aromatic N) is 1. The second kappa shape index (κ2) is 8.36. The average molecular weight is 360 g/mol. The lowest BCUT2D eigenvalue weighted by molar-refractivity contribution is 0.102. The number of carbonyl (C=O) groups is 1. The number of rotatable bonds is 5. The zero-order valence-electron chi connectivity index (χ0n) is 14.1. The largest absolute Gasteiger partial charge is 0.494 e. The van der Waals surface area contributed by atoms with Gasteiger partial charge in [-0.3, -0.25) is 9.69 Å². The van der Waals surface area contributed by atoms with Crippen LogP contribution < -0.4 is 10.1 Å². The molecule has 1 aliphatic rings. The molecule has 3 rings (SSSR count). The van der Waals surface area contributed by atoms with Gasteiger partial charge in [0.25, 0.3) is 5.91 Å². The van der Waals surface area contributed by atoms with Crippen molar-refractivity contribution in [2.24, 2.45) is 0 Å². The average Bonchev–Trinajstić information content (AvgIpc) is 2.63. The SMILES string of the molecule is COc1ccc(C(=O)Nc2cccc(CN3CCSCC3)c2)cc1F. The van der Waals surface area contributed by atoms with Crippen molar-refractivity contribution in [2.75, 3.05) is 37.0 Å². The summed E-state index contributed by atoms with van der Waals surface area (Å²) >= 11 is 1.98. The third-order valence-electron chi connectivity index (χ3n) is 4.11. The van der Waals surface area contributed by atoms with Crippen LogP contribution in [0.15, 0.2) is 42.5 Å². The van der Waals surface area contributed by atoms with E-state index in [-0.39, 0.29) is 17.2 Å². The Kier molecular flexibility index (Phi) is 5.94. The molecule has 0 saturated carbocycles. The minimum absolute atomic E-state index is 0.123. The van der Waals surface area contributed by atoms with E-state index in [1.54, 1.807) is 6.07 Å². The van der Waals surface area contributed by atoms with E-state index < -0.39 is 5.82 Å². The van der Waals surface area contributed by atoms with E-state index in [0.717, 1.165) is 25.2 Å². The maximum atomic E-state index is 13.8. The Morgan fingerprint density at radius 1 is 1.24 bits per heavy atom. The first-order valence-corrected chi connectivity index (χ1v) is 9.35. The minimum Gasteiger partial charge on any atom is -0.494 e. The Balaban J connectivity index is 1.66. The van der Waals surface area contributed by atoms with Crippen LogP contribution in [0.3, 0.4) is 0 Å². The number of benzene rings is 2. The molecule has 0 radical (unpaired) electrons. The number of thioether (sulfide) groups is 1. The van der Waals surface area contributed by atoms with Gasteiger partial charge in [-0.2, -0.15) is 11.8 Å². The predicted octanol–water partition coefficient (Wildman–Crippen LogP) is 3.64. The Morgan fingerprint density at radius 3 is 2.76 bits per heavy atom. The first-order valence-electron chi connectivity index (χ1n) is 8.19. The van der Waals surface area contributed by atoms with E-state index in [9.17, 15) is 9.18 Å². The van der Waals surface area contributed by atoms with Crippen LogP contribution in [-0.2, 0) is 6.54 Å². The van der Waals surface area contributed by atoms with E-state index in [2.05, 4.69) is 16.3 Å². The summed E-state index contributed by atoms with van der Waals surface area (Å²) in [5.74, 6) is 1.57. The van der Waals surface area contributed by atoms with Crippen molar-refractivity contribution < 1.29 is 13.9 Å². The first kappa shape index (κ1) is 17.8. The second-order valence-electron chi connectivity index (χ2n) is 5.89. The summed E-state index contributed by atoms with van der Waals surface area (Å²) < 4.78 is 18.6. The fourth-order valence-corrected chi connectivity index (χ4v) is 3.75. The van der Waals surface area contributed by atoms with Crippen LogP contribution in [0.2, 0.25) is 0 Å². The normalized spacial score (nSPS) is 15.0. The molecule has 1 fully saturated rings. The van der Waals surface area contributed by atoms with Gasteiger partial charge in [0.1, 0.15) is 0 Å². The zero-order chi connectivity index (χ0) is 17.6. The number of hydrogen-bond donors (Lipinski definition) is 1. The summed E-state index contributed by atoms with van der Waals surface area (Å²) in [4.78, 5) is 14.7. The molecule has 1 N–H and O–H groups in total.